The summed E-state index contributed by atoms with van der Waals surface area (Å²) in [5, 5.41) is 9.59. The van der Waals surface area contributed by atoms with E-state index in [1.54, 1.807) is 17.9 Å². The summed E-state index contributed by atoms with van der Waals surface area (Å²) in [5.41, 5.74) is 1.48. The van der Waals surface area contributed by atoms with Crippen molar-refractivity contribution in [3.05, 3.63) is 59.0 Å². The van der Waals surface area contributed by atoms with Crippen molar-refractivity contribution in [2.45, 2.75) is 32.6 Å². The Bertz CT molecular complexity index is 778. The van der Waals surface area contributed by atoms with Gasteiger partial charge in [0.05, 0.1) is 11.5 Å². The van der Waals surface area contributed by atoms with Crippen LogP contribution < -0.4 is 0 Å². The Morgan fingerprint density at radius 2 is 1.88 bits per heavy atom. The third-order valence-electron chi connectivity index (χ3n) is 4.89. The molecule has 1 amide bonds. The van der Waals surface area contributed by atoms with Crippen molar-refractivity contribution >= 4 is 11.9 Å². The number of nitrogens with zero attached hydrogens (tertiary/aromatic N) is 1. The van der Waals surface area contributed by atoms with Gasteiger partial charge in [0, 0.05) is 24.9 Å². The first kappa shape index (κ1) is 17.3. The molecule has 0 saturated carbocycles. The highest BCUT2D eigenvalue weighted by Crippen LogP contribution is 2.34. The highest BCUT2D eigenvalue weighted by molar-refractivity contribution is 5.96. The first-order chi connectivity index (χ1) is 11.9. The fraction of sp³-hybridized carbons (Fsp3) is 0.400. The number of carboxylic acids is 1. The number of carbonyl (C=O) groups excluding carboxylic acids is 1. The van der Waals surface area contributed by atoms with Crippen LogP contribution in [0.5, 0.6) is 0 Å². The molecular weight excluding hydrogens is 318 g/mol. The van der Waals surface area contributed by atoms with Gasteiger partial charge in [0.1, 0.15) is 11.5 Å². The van der Waals surface area contributed by atoms with Crippen LogP contribution in [0.15, 0.2) is 40.8 Å². The summed E-state index contributed by atoms with van der Waals surface area (Å²) in [6.07, 6.45) is 0. The maximum atomic E-state index is 12.9. The number of benzene rings is 1. The molecule has 132 valence electrons. The number of aryl methyl sites for hydroxylation is 1. The van der Waals surface area contributed by atoms with E-state index in [1.807, 2.05) is 44.2 Å². The van der Waals surface area contributed by atoms with Gasteiger partial charge in [-0.2, -0.15) is 0 Å². The Kier molecular flexibility index (Phi) is 4.66. The minimum absolute atomic E-state index is 0.155. The lowest BCUT2D eigenvalue weighted by Gasteiger charge is -2.16. The predicted molar refractivity (Wildman–Crippen MR) is 93.7 cm³/mol. The number of amides is 1. The van der Waals surface area contributed by atoms with Crippen LogP contribution in [-0.4, -0.2) is 35.0 Å². The quantitative estimate of drug-likeness (QED) is 0.921. The van der Waals surface area contributed by atoms with Crippen LogP contribution in [0.25, 0.3) is 0 Å². The fourth-order valence-electron chi connectivity index (χ4n) is 3.43. The van der Waals surface area contributed by atoms with Crippen molar-refractivity contribution in [2.75, 3.05) is 13.1 Å². The smallest absolute Gasteiger partial charge is 0.308 e. The zero-order valence-electron chi connectivity index (χ0n) is 14.7. The van der Waals surface area contributed by atoms with Crippen LogP contribution >= 0.6 is 0 Å². The zero-order valence-corrected chi connectivity index (χ0v) is 14.7. The molecule has 0 spiro atoms. The van der Waals surface area contributed by atoms with E-state index in [-0.39, 0.29) is 24.3 Å². The van der Waals surface area contributed by atoms with Crippen molar-refractivity contribution in [2.24, 2.45) is 5.92 Å². The van der Waals surface area contributed by atoms with Gasteiger partial charge in [-0.15, -0.1) is 0 Å². The van der Waals surface area contributed by atoms with Crippen molar-refractivity contribution in [3.8, 4) is 0 Å². The van der Waals surface area contributed by atoms with Gasteiger partial charge in [-0.3, -0.25) is 9.59 Å². The zero-order chi connectivity index (χ0) is 18.1. The molecule has 2 atom stereocenters. The third kappa shape index (κ3) is 3.31. The number of aliphatic carboxylic acids is 1. The highest BCUT2D eigenvalue weighted by atomic mass is 16.4. The molecule has 0 bridgehead atoms. The summed E-state index contributed by atoms with van der Waals surface area (Å²) >= 11 is 0. The third-order valence-corrected chi connectivity index (χ3v) is 4.89. The number of likely N-dealkylation sites (tertiary alicyclic amines) is 1. The topological polar surface area (TPSA) is 70.8 Å². The Morgan fingerprint density at radius 1 is 1.20 bits per heavy atom. The monoisotopic (exact) mass is 341 g/mol. The van der Waals surface area contributed by atoms with Gasteiger partial charge < -0.3 is 14.4 Å². The van der Waals surface area contributed by atoms with Gasteiger partial charge in [0.25, 0.3) is 5.91 Å². The number of hydrogen-bond donors (Lipinski definition) is 1. The molecule has 1 saturated heterocycles. The molecule has 2 aromatic rings. The van der Waals surface area contributed by atoms with Crippen LogP contribution in [0, 0.1) is 12.8 Å². The molecule has 3 rings (SSSR count). The molecule has 1 aromatic carbocycles. The van der Waals surface area contributed by atoms with E-state index in [1.165, 1.54) is 0 Å². The molecule has 1 N–H and O–H groups in total. The molecule has 5 nitrogen and oxygen atoms in total. The molecule has 1 fully saturated rings. The van der Waals surface area contributed by atoms with Crippen LogP contribution in [-0.2, 0) is 4.79 Å². The van der Waals surface area contributed by atoms with E-state index < -0.39 is 11.9 Å². The van der Waals surface area contributed by atoms with E-state index >= 15 is 0 Å². The second-order valence-electron chi connectivity index (χ2n) is 6.95. The lowest BCUT2D eigenvalue weighted by atomic mass is 9.89. The molecule has 2 heterocycles. The molecular formula is C20H23NO4. The van der Waals surface area contributed by atoms with Crippen molar-refractivity contribution in [1.82, 2.24) is 4.90 Å². The maximum Gasteiger partial charge on any atom is 0.308 e. The van der Waals surface area contributed by atoms with Crippen LogP contribution in [0.2, 0.25) is 0 Å². The summed E-state index contributed by atoms with van der Waals surface area (Å²) in [4.78, 5) is 26.3. The van der Waals surface area contributed by atoms with E-state index in [0.29, 0.717) is 17.9 Å². The minimum Gasteiger partial charge on any atom is -0.481 e. The Balaban J connectivity index is 1.86. The van der Waals surface area contributed by atoms with E-state index in [4.69, 9.17) is 4.42 Å². The standard InChI is InChI=1S/C20H23NO4/c1-12(2)18-9-15(13(3)25-18)19(22)21-10-16(17(11-21)20(23)24)14-7-5-4-6-8-14/h4-9,12,16-17H,10-11H2,1-3H3,(H,23,24). The van der Waals surface area contributed by atoms with E-state index in [0.717, 1.165) is 11.3 Å². The van der Waals surface area contributed by atoms with E-state index in [9.17, 15) is 14.7 Å². The number of carbonyl (C=O) groups is 2. The molecule has 25 heavy (non-hydrogen) atoms. The normalized spacial score (nSPS) is 20.2. The second kappa shape index (κ2) is 6.75. The van der Waals surface area contributed by atoms with Crippen molar-refractivity contribution < 1.29 is 19.1 Å². The highest BCUT2D eigenvalue weighted by Gasteiger charge is 2.41. The second-order valence-corrected chi connectivity index (χ2v) is 6.95. The SMILES string of the molecule is Cc1oc(C(C)C)cc1C(=O)N1CC(C(=O)O)C(c2ccccc2)C1. The van der Waals surface area contributed by atoms with Gasteiger partial charge in [-0.1, -0.05) is 44.2 Å². The molecule has 5 heteroatoms. The van der Waals surface area contributed by atoms with Crippen LogP contribution in [0.1, 0.15) is 53.1 Å². The average molecular weight is 341 g/mol. The molecule has 0 aliphatic carbocycles. The number of furan rings is 1. The van der Waals surface area contributed by atoms with Crippen LogP contribution in [0.3, 0.4) is 0 Å². The lowest BCUT2D eigenvalue weighted by Crippen LogP contribution is -2.30. The Labute approximate surface area is 147 Å². The first-order valence-corrected chi connectivity index (χ1v) is 8.55. The Morgan fingerprint density at radius 3 is 2.44 bits per heavy atom. The molecule has 2 unspecified atom stereocenters. The minimum atomic E-state index is -0.865. The Hall–Kier alpha value is -2.56. The predicted octanol–water partition coefficient (Wildman–Crippen LogP) is 3.65. The van der Waals surface area contributed by atoms with Crippen molar-refractivity contribution in [3.63, 3.8) is 0 Å². The number of rotatable bonds is 4. The first-order valence-electron chi connectivity index (χ1n) is 8.55. The average Bonchev–Trinajstić information content (AvgIpc) is 3.19. The van der Waals surface area contributed by atoms with Gasteiger partial charge in [-0.05, 0) is 18.6 Å². The van der Waals surface area contributed by atoms with Gasteiger partial charge in [0.15, 0.2) is 0 Å². The maximum absolute atomic E-state index is 12.9. The molecule has 1 aliphatic heterocycles. The molecule has 1 aliphatic rings. The van der Waals surface area contributed by atoms with Crippen molar-refractivity contribution in [1.29, 1.82) is 0 Å². The lowest BCUT2D eigenvalue weighted by molar-refractivity contribution is -0.141. The van der Waals surface area contributed by atoms with Gasteiger partial charge >= 0.3 is 5.97 Å². The summed E-state index contributed by atoms with van der Waals surface area (Å²) in [6.45, 7) is 6.41. The molecule has 1 aromatic heterocycles. The van der Waals surface area contributed by atoms with Crippen LogP contribution in [0.4, 0.5) is 0 Å². The van der Waals surface area contributed by atoms with Gasteiger partial charge in [0.2, 0.25) is 0 Å². The molecule has 0 radical (unpaired) electrons. The summed E-state index contributed by atoms with van der Waals surface area (Å²) < 4.78 is 5.68. The van der Waals surface area contributed by atoms with E-state index in [2.05, 4.69) is 0 Å². The van der Waals surface area contributed by atoms with Gasteiger partial charge in [-0.25, -0.2) is 0 Å². The largest absolute Gasteiger partial charge is 0.481 e. The fourth-order valence-corrected chi connectivity index (χ4v) is 3.43. The number of hydrogen-bond acceptors (Lipinski definition) is 3. The summed E-state index contributed by atoms with van der Waals surface area (Å²) in [5.74, 6) is -0.253. The summed E-state index contributed by atoms with van der Waals surface area (Å²) in [6, 6.07) is 11.3. The number of carboxylic acid groups (broad SMARTS) is 1. The summed E-state index contributed by atoms with van der Waals surface area (Å²) in [7, 11) is 0.